The van der Waals surface area contributed by atoms with E-state index in [2.05, 4.69) is 51.9 Å². The fourth-order valence-electron chi connectivity index (χ4n) is 2.14. The van der Waals surface area contributed by atoms with Crippen LogP contribution in [-0.2, 0) is 0 Å². The van der Waals surface area contributed by atoms with E-state index in [1.165, 1.54) is 21.2 Å². The van der Waals surface area contributed by atoms with Gasteiger partial charge in [0.15, 0.2) is 0 Å². The summed E-state index contributed by atoms with van der Waals surface area (Å²) < 4.78 is 1.17. The number of hydrogen-bond acceptors (Lipinski definition) is 2. The smallest absolute Gasteiger partial charge is 0.0598 e. The first kappa shape index (κ1) is 15.0. The molecule has 1 aromatic heterocycles. The summed E-state index contributed by atoms with van der Waals surface area (Å²) in [7, 11) is 0. The van der Waals surface area contributed by atoms with Crippen molar-refractivity contribution < 1.29 is 0 Å². The zero-order valence-corrected chi connectivity index (χ0v) is 14.2. The van der Waals surface area contributed by atoms with E-state index in [0.717, 1.165) is 18.0 Å². The van der Waals surface area contributed by atoms with Gasteiger partial charge in [-0.3, -0.25) is 0 Å². The Labute approximate surface area is 132 Å². The SMILES string of the molecule is CCCNC(c1ccc(Cl)cc1C)c1cscc1Br. The van der Waals surface area contributed by atoms with Crippen LogP contribution in [0.25, 0.3) is 0 Å². The third kappa shape index (κ3) is 3.60. The Balaban J connectivity index is 2.40. The maximum Gasteiger partial charge on any atom is 0.0598 e. The van der Waals surface area contributed by atoms with Gasteiger partial charge < -0.3 is 5.32 Å². The van der Waals surface area contributed by atoms with Gasteiger partial charge in [-0.15, -0.1) is 0 Å². The van der Waals surface area contributed by atoms with E-state index in [9.17, 15) is 0 Å². The van der Waals surface area contributed by atoms with E-state index in [1.54, 1.807) is 11.3 Å². The molecule has 102 valence electrons. The van der Waals surface area contributed by atoms with Crippen LogP contribution in [-0.4, -0.2) is 6.54 Å². The van der Waals surface area contributed by atoms with Crippen molar-refractivity contribution in [2.75, 3.05) is 6.54 Å². The zero-order chi connectivity index (χ0) is 13.8. The fraction of sp³-hybridized carbons (Fsp3) is 0.333. The maximum atomic E-state index is 6.05. The highest BCUT2D eigenvalue weighted by atomic mass is 79.9. The molecule has 0 radical (unpaired) electrons. The number of aryl methyl sites for hydroxylation is 1. The van der Waals surface area contributed by atoms with Crippen LogP contribution in [0.1, 0.15) is 36.1 Å². The predicted molar refractivity (Wildman–Crippen MR) is 88.3 cm³/mol. The lowest BCUT2D eigenvalue weighted by molar-refractivity contribution is 0.596. The van der Waals surface area contributed by atoms with E-state index >= 15 is 0 Å². The van der Waals surface area contributed by atoms with Gasteiger partial charge in [-0.25, -0.2) is 0 Å². The van der Waals surface area contributed by atoms with Gasteiger partial charge in [0.2, 0.25) is 0 Å². The van der Waals surface area contributed by atoms with Gasteiger partial charge in [-0.2, -0.15) is 11.3 Å². The van der Waals surface area contributed by atoms with Gasteiger partial charge in [-0.1, -0.05) is 24.6 Å². The van der Waals surface area contributed by atoms with Crippen molar-refractivity contribution in [3.8, 4) is 0 Å². The number of rotatable bonds is 5. The number of hydrogen-bond donors (Lipinski definition) is 1. The number of thiophene rings is 1. The van der Waals surface area contributed by atoms with E-state index in [-0.39, 0.29) is 6.04 Å². The minimum absolute atomic E-state index is 0.220. The molecular weight excluding hydrogens is 342 g/mol. The van der Waals surface area contributed by atoms with Crippen molar-refractivity contribution in [3.63, 3.8) is 0 Å². The maximum absolute atomic E-state index is 6.05. The summed E-state index contributed by atoms with van der Waals surface area (Å²) in [5.41, 5.74) is 3.81. The van der Waals surface area contributed by atoms with E-state index in [0.29, 0.717) is 0 Å². The Morgan fingerprint density at radius 2 is 2.11 bits per heavy atom. The Morgan fingerprint density at radius 1 is 1.32 bits per heavy atom. The Hall–Kier alpha value is -0.350. The van der Waals surface area contributed by atoms with Crippen molar-refractivity contribution >= 4 is 38.9 Å². The molecule has 1 N–H and O–H groups in total. The second-order valence-electron chi connectivity index (χ2n) is 4.56. The molecule has 0 bridgehead atoms. The summed E-state index contributed by atoms with van der Waals surface area (Å²) in [6.07, 6.45) is 1.12. The van der Waals surface area contributed by atoms with Crippen LogP contribution in [0.3, 0.4) is 0 Å². The predicted octanol–water partition coefficient (Wildman–Crippen LogP) is 5.56. The van der Waals surface area contributed by atoms with E-state index in [4.69, 9.17) is 11.6 Å². The Morgan fingerprint density at radius 3 is 2.68 bits per heavy atom. The zero-order valence-electron chi connectivity index (χ0n) is 11.0. The molecule has 1 unspecified atom stereocenters. The number of benzene rings is 1. The molecule has 0 aliphatic carbocycles. The second kappa shape index (κ2) is 6.89. The average Bonchev–Trinajstić information content (AvgIpc) is 2.78. The molecule has 4 heteroatoms. The topological polar surface area (TPSA) is 12.0 Å². The van der Waals surface area contributed by atoms with Gasteiger partial charge in [0.1, 0.15) is 0 Å². The highest BCUT2D eigenvalue weighted by Crippen LogP contribution is 2.33. The van der Waals surface area contributed by atoms with Crippen molar-refractivity contribution in [1.82, 2.24) is 5.32 Å². The quantitative estimate of drug-likeness (QED) is 0.737. The van der Waals surface area contributed by atoms with E-state index in [1.807, 2.05) is 12.1 Å². The minimum Gasteiger partial charge on any atom is -0.306 e. The highest BCUT2D eigenvalue weighted by Gasteiger charge is 2.18. The molecule has 0 fully saturated rings. The molecule has 0 spiro atoms. The van der Waals surface area contributed by atoms with Crippen molar-refractivity contribution in [3.05, 3.63) is 55.1 Å². The molecule has 2 rings (SSSR count). The summed E-state index contributed by atoms with van der Waals surface area (Å²) in [5.74, 6) is 0. The average molecular weight is 359 g/mol. The molecule has 1 nitrogen and oxygen atoms in total. The van der Waals surface area contributed by atoms with Gasteiger partial charge in [0.05, 0.1) is 6.04 Å². The molecule has 1 aromatic carbocycles. The van der Waals surface area contributed by atoms with Gasteiger partial charge in [0, 0.05) is 14.9 Å². The summed E-state index contributed by atoms with van der Waals surface area (Å²) in [5, 5.41) is 8.74. The minimum atomic E-state index is 0.220. The first-order valence-corrected chi connectivity index (χ1v) is 8.46. The van der Waals surface area contributed by atoms with Gasteiger partial charge >= 0.3 is 0 Å². The molecule has 0 saturated carbocycles. The van der Waals surface area contributed by atoms with Crippen LogP contribution in [0.5, 0.6) is 0 Å². The van der Waals surface area contributed by atoms with Crippen molar-refractivity contribution in [1.29, 1.82) is 0 Å². The third-order valence-electron chi connectivity index (χ3n) is 3.09. The Bertz CT molecular complexity index is 553. The lowest BCUT2D eigenvalue weighted by atomic mass is 9.97. The van der Waals surface area contributed by atoms with Crippen LogP contribution in [0.15, 0.2) is 33.4 Å². The molecule has 0 aliphatic rings. The Kier molecular flexibility index (Phi) is 5.46. The molecule has 2 aromatic rings. The molecule has 1 atom stereocenters. The van der Waals surface area contributed by atoms with Crippen LogP contribution < -0.4 is 5.32 Å². The summed E-state index contributed by atoms with van der Waals surface area (Å²) in [6.45, 7) is 5.29. The van der Waals surface area contributed by atoms with Crippen LogP contribution in [0.4, 0.5) is 0 Å². The third-order valence-corrected chi connectivity index (χ3v) is 5.08. The van der Waals surface area contributed by atoms with Crippen LogP contribution in [0, 0.1) is 6.92 Å². The molecule has 1 heterocycles. The summed E-state index contributed by atoms with van der Waals surface area (Å²) in [4.78, 5) is 0. The second-order valence-corrected chi connectivity index (χ2v) is 6.60. The van der Waals surface area contributed by atoms with E-state index < -0.39 is 0 Å². The van der Waals surface area contributed by atoms with Gasteiger partial charge in [0.25, 0.3) is 0 Å². The lowest BCUT2D eigenvalue weighted by Crippen LogP contribution is -2.23. The first-order valence-electron chi connectivity index (χ1n) is 6.34. The summed E-state index contributed by atoms with van der Waals surface area (Å²) >= 11 is 11.4. The molecular formula is C15H17BrClNS. The molecule has 19 heavy (non-hydrogen) atoms. The van der Waals surface area contributed by atoms with Gasteiger partial charge in [-0.05, 0) is 70.0 Å². The number of nitrogens with one attached hydrogen (secondary N) is 1. The van der Waals surface area contributed by atoms with Crippen molar-refractivity contribution in [2.45, 2.75) is 26.3 Å². The van der Waals surface area contributed by atoms with Crippen LogP contribution >= 0.6 is 38.9 Å². The van der Waals surface area contributed by atoms with Crippen molar-refractivity contribution in [2.24, 2.45) is 0 Å². The summed E-state index contributed by atoms with van der Waals surface area (Å²) in [6, 6.07) is 6.33. The largest absolute Gasteiger partial charge is 0.306 e. The monoisotopic (exact) mass is 357 g/mol. The normalized spacial score (nSPS) is 12.6. The number of halogens is 2. The fourth-order valence-corrected chi connectivity index (χ4v) is 3.92. The highest BCUT2D eigenvalue weighted by molar-refractivity contribution is 9.10. The van der Waals surface area contributed by atoms with Crippen LogP contribution in [0.2, 0.25) is 5.02 Å². The molecule has 0 aliphatic heterocycles. The first-order chi connectivity index (χ1) is 9.13. The molecule has 0 saturated heterocycles. The molecule has 0 amide bonds. The lowest BCUT2D eigenvalue weighted by Gasteiger charge is -2.21. The standard InChI is InChI=1S/C15H17BrClNS/c1-3-6-18-15(13-8-19-9-14(13)16)12-5-4-11(17)7-10(12)2/h4-5,7-9,15,18H,3,6H2,1-2H3.